The van der Waals surface area contributed by atoms with E-state index in [-0.39, 0.29) is 0 Å². The fourth-order valence-electron chi connectivity index (χ4n) is 2.49. The number of aromatic nitrogens is 2. The molecule has 5 nitrogen and oxygen atoms in total. The maximum atomic E-state index is 5.78. The van der Waals surface area contributed by atoms with Crippen molar-refractivity contribution in [2.24, 2.45) is 0 Å². The summed E-state index contributed by atoms with van der Waals surface area (Å²) in [6.45, 7) is 12.4. The molecule has 1 aromatic heterocycles. The zero-order chi connectivity index (χ0) is 13.7. The van der Waals surface area contributed by atoms with Crippen LogP contribution in [0.3, 0.4) is 0 Å². The second kappa shape index (κ2) is 7.03. The maximum absolute atomic E-state index is 5.78. The summed E-state index contributed by atoms with van der Waals surface area (Å²) in [4.78, 5) is 6.66. The molecule has 0 aliphatic carbocycles. The molecule has 5 heteroatoms. The molecule has 0 spiro atoms. The highest BCUT2D eigenvalue weighted by molar-refractivity contribution is 4.99. The van der Waals surface area contributed by atoms with Gasteiger partial charge in [0.15, 0.2) is 0 Å². The van der Waals surface area contributed by atoms with Gasteiger partial charge in [0.2, 0.25) is 0 Å². The highest BCUT2D eigenvalue weighted by Crippen LogP contribution is 2.09. The summed E-state index contributed by atoms with van der Waals surface area (Å²) in [6.07, 6.45) is 4.15. The molecule has 1 aliphatic rings. The Hall–Kier alpha value is -0.910. The molecule has 1 atom stereocenters. The van der Waals surface area contributed by atoms with Crippen LogP contribution in [0.25, 0.3) is 0 Å². The van der Waals surface area contributed by atoms with Gasteiger partial charge in [-0.3, -0.25) is 4.90 Å². The molecule has 0 saturated carbocycles. The minimum absolute atomic E-state index is 0.309. The van der Waals surface area contributed by atoms with E-state index < -0.39 is 0 Å². The smallest absolute Gasteiger partial charge is 0.0951 e. The van der Waals surface area contributed by atoms with Crippen LogP contribution in [0.4, 0.5) is 0 Å². The van der Waals surface area contributed by atoms with Crippen LogP contribution in [0.15, 0.2) is 12.5 Å². The lowest BCUT2D eigenvalue weighted by Crippen LogP contribution is -2.46. The number of nitrogens with zero attached hydrogens (tertiary/aromatic N) is 3. The summed E-state index contributed by atoms with van der Waals surface area (Å²) in [5.74, 6) is 0. The van der Waals surface area contributed by atoms with Gasteiger partial charge in [0.25, 0.3) is 0 Å². The van der Waals surface area contributed by atoms with Crippen LogP contribution in [0, 0.1) is 0 Å². The van der Waals surface area contributed by atoms with E-state index in [9.17, 15) is 0 Å². The Morgan fingerprint density at radius 2 is 2.37 bits per heavy atom. The van der Waals surface area contributed by atoms with Crippen molar-refractivity contribution in [3.63, 3.8) is 0 Å². The highest BCUT2D eigenvalue weighted by atomic mass is 16.5. The molecule has 1 aromatic rings. The zero-order valence-corrected chi connectivity index (χ0v) is 12.3. The third kappa shape index (κ3) is 4.03. The lowest BCUT2D eigenvalue weighted by molar-refractivity contribution is -0.0254. The molecule has 0 aromatic carbocycles. The molecule has 2 rings (SSSR count). The van der Waals surface area contributed by atoms with Crippen LogP contribution in [-0.4, -0.2) is 53.3 Å². The van der Waals surface area contributed by atoms with E-state index in [0.717, 1.165) is 39.3 Å². The van der Waals surface area contributed by atoms with Crippen LogP contribution in [0.5, 0.6) is 0 Å². The predicted octanol–water partition coefficient (Wildman–Crippen LogP) is 1.27. The Kier molecular flexibility index (Phi) is 5.36. The van der Waals surface area contributed by atoms with Gasteiger partial charge in [0.1, 0.15) is 0 Å². The van der Waals surface area contributed by atoms with Gasteiger partial charge in [0, 0.05) is 38.4 Å². The van der Waals surface area contributed by atoms with Gasteiger partial charge >= 0.3 is 0 Å². The van der Waals surface area contributed by atoms with Gasteiger partial charge in [0.05, 0.1) is 24.7 Å². The third-order valence-corrected chi connectivity index (χ3v) is 3.65. The quantitative estimate of drug-likeness (QED) is 0.842. The fourth-order valence-corrected chi connectivity index (χ4v) is 2.49. The lowest BCUT2D eigenvalue weighted by Gasteiger charge is -2.32. The normalized spacial score (nSPS) is 21.2. The summed E-state index contributed by atoms with van der Waals surface area (Å²) in [6, 6.07) is 0.459. The van der Waals surface area contributed by atoms with Crippen molar-refractivity contribution in [1.29, 1.82) is 0 Å². The van der Waals surface area contributed by atoms with Gasteiger partial charge in [-0.15, -0.1) is 0 Å². The Balaban J connectivity index is 1.75. The number of hydrogen-bond donors (Lipinski definition) is 1. The van der Waals surface area contributed by atoms with Crippen molar-refractivity contribution < 1.29 is 4.74 Å². The lowest BCUT2D eigenvalue weighted by atomic mass is 10.2. The molecule has 1 saturated heterocycles. The molecule has 0 bridgehead atoms. The molecule has 0 amide bonds. The summed E-state index contributed by atoms with van der Waals surface area (Å²) < 4.78 is 7.98. The number of morpholine rings is 1. The number of likely N-dealkylation sites (N-methyl/N-ethyl adjacent to an activating group) is 1. The van der Waals surface area contributed by atoms with Gasteiger partial charge in [-0.05, 0) is 20.4 Å². The first-order valence-corrected chi connectivity index (χ1v) is 7.26. The SMILES string of the molecule is CCN1CCOC(CNCc2cncn2C(C)C)C1. The summed E-state index contributed by atoms with van der Waals surface area (Å²) in [5, 5.41) is 3.48. The molecule has 108 valence electrons. The van der Waals surface area contributed by atoms with E-state index in [1.54, 1.807) is 0 Å². The largest absolute Gasteiger partial charge is 0.374 e. The molecular weight excluding hydrogens is 240 g/mol. The van der Waals surface area contributed by atoms with Crippen LogP contribution in [0.2, 0.25) is 0 Å². The molecule has 1 fully saturated rings. The standard InChI is InChI=1S/C14H26N4O/c1-4-17-5-6-19-14(10-17)9-15-7-13-8-16-11-18(13)12(2)3/h8,11-12,14-15H,4-7,9-10H2,1-3H3. The van der Waals surface area contributed by atoms with E-state index in [1.807, 2.05) is 12.5 Å². The molecule has 0 radical (unpaired) electrons. The number of rotatable bonds is 6. The zero-order valence-electron chi connectivity index (χ0n) is 12.3. The topological polar surface area (TPSA) is 42.3 Å². The second-order valence-electron chi connectivity index (χ2n) is 5.40. The predicted molar refractivity (Wildman–Crippen MR) is 76.2 cm³/mol. The second-order valence-corrected chi connectivity index (χ2v) is 5.40. The number of hydrogen-bond acceptors (Lipinski definition) is 4. The third-order valence-electron chi connectivity index (χ3n) is 3.65. The average molecular weight is 266 g/mol. The van der Waals surface area contributed by atoms with E-state index in [1.165, 1.54) is 5.69 Å². The number of imidazole rings is 1. The Morgan fingerprint density at radius 1 is 1.53 bits per heavy atom. The van der Waals surface area contributed by atoms with Crippen LogP contribution in [-0.2, 0) is 11.3 Å². The van der Waals surface area contributed by atoms with Crippen molar-refractivity contribution in [3.8, 4) is 0 Å². The summed E-state index contributed by atoms with van der Waals surface area (Å²) in [5.41, 5.74) is 1.23. The van der Waals surface area contributed by atoms with E-state index in [0.29, 0.717) is 12.1 Å². The van der Waals surface area contributed by atoms with Gasteiger partial charge in [-0.2, -0.15) is 0 Å². The number of nitrogens with one attached hydrogen (secondary N) is 1. The first-order valence-electron chi connectivity index (χ1n) is 7.26. The van der Waals surface area contributed by atoms with E-state index in [2.05, 4.69) is 40.5 Å². The van der Waals surface area contributed by atoms with Crippen molar-refractivity contribution >= 4 is 0 Å². The Bertz CT molecular complexity index is 377. The van der Waals surface area contributed by atoms with Crippen molar-refractivity contribution in [1.82, 2.24) is 19.8 Å². The van der Waals surface area contributed by atoms with E-state index in [4.69, 9.17) is 4.74 Å². The monoisotopic (exact) mass is 266 g/mol. The molecular formula is C14H26N4O. The van der Waals surface area contributed by atoms with Gasteiger partial charge in [-0.1, -0.05) is 6.92 Å². The molecule has 1 aliphatic heterocycles. The molecule has 1 unspecified atom stereocenters. The van der Waals surface area contributed by atoms with Crippen molar-refractivity contribution in [2.75, 3.05) is 32.8 Å². The van der Waals surface area contributed by atoms with Crippen LogP contribution in [0.1, 0.15) is 32.5 Å². The minimum Gasteiger partial charge on any atom is -0.374 e. The minimum atomic E-state index is 0.309. The Morgan fingerprint density at radius 3 is 3.11 bits per heavy atom. The van der Waals surface area contributed by atoms with Crippen molar-refractivity contribution in [2.45, 2.75) is 39.5 Å². The van der Waals surface area contributed by atoms with E-state index >= 15 is 0 Å². The summed E-state index contributed by atoms with van der Waals surface area (Å²) in [7, 11) is 0. The van der Waals surface area contributed by atoms with Crippen LogP contribution < -0.4 is 5.32 Å². The molecule has 1 N–H and O–H groups in total. The fraction of sp³-hybridized carbons (Fsp3) is 0.786. The highest BCUT2D eigenvalue weighted by Gasteiger charge is 2.18. The summed E-state index contributed by atoms with van der Waals surface area (Å²) >= 11 is 0. The average Bonchev–Trinajstić information content (AvgIpc) is 2.87. The van der Waals surface area contributed by atoms with Gasteiger partial charge < -0.3 is 14.6 Å². The first kappa shape index (κ1) is 14.5. The Labute approximate surface area is 116 Å². The van der Waals surface area contributed by atoms with Crippen LogP contribution >= 0.6 is 0 Å². The van der Waals surface area contributed by atoms with Gasteiger partial charge in [-0.25, -0.2) is 4.98 Å². The number of ether oxygens (including phenoxy) is 1. The molecule has 19 heavy (non-hydrogen) atoms. The molecule has 2 heterocycles. The first-order chi connectivity index (χ1) is 9.20. The van der Waals surface area contributed by atoms with Crippen molar-refractivity contribution in [3.05, 3.63) is 18.2 Å². The maximum Gasteiger partial charge on any atom is 0.0951 e.